The molecule has 1 fully saturated rings. The molecule has 3 rings (SSSR count). The molecule has 24 heavy (non-hydrogen) atoms. The molecule has 2 N–H and O–H groups in total. The third-order valence-electron chi connectivity index (χ3n) is 4.67. The number of aromatic nitrogens is 4. The highest BCUT2D eigenvalue weighted by atomic mass is 16.1. The summed E-state index contributed by atoms with van der Waals surface area (Å²) in [5.74, 6) is 0.543. The fourth-order valence-electron chi connectivity index (χ4n) is 3.23. The lowest BCUT2D eigenvalue weighted by molar-refractivity contribution is 0.177. The van der Waals surface area contributed by atoms with Crippen LogP contribution in [-0.4, -0.2) is 49.8 Å². The quantitative estimate of drug-likeness (QED) is 0.900. The molecule has 0 radical (unpaired) electrons. The summed E-state index contributed by atoms with van der Waals surface area (Å²) in [6.07, 6.45) is 3.70. The Balaban J connectivity index is 1.82. The smallest absolute Gasteiger partial charge is 0.263 e. The van der Waals surface area contributed by atoms with Crippen LogP contribution in [0.15, 0.2) is 11.0 Å². The van der Waals surface area contributed by atoms with E-state index < -0.39 is 0 Å². The lowest BCUT2D eigenvalue weighted by Gasteiger charge is -2.34. The molecule has 7 heteroatoms. The van der Waals surface area contributed by atoms with Gasteiger partial charge < -0.3 is 10.2 Å². The second-order valence-electron chi connectivity index (χ2n) is 7.93. The van der Waals surface area contributed by atoms with Gasteiger partial charge in [-0.15, -0.1) is 0 Å². The van der Waals surface area contributed by atoms with Crippen molar-refractivity contribution in [3.8, 4) is 0 Å². The summed E-state index contributed by atoms with van der Waals surface area (Å²) in [7, 11) is 0. The average Bonchev–Trinajstić information content (AvgIpc) is 2.92. The summed E-state index contributed by atoms with van der Waals surface area (Å²) in [5.41, 5.74) is 0.272. The number of H-pyrrole nitrogens is 1. The Morgan fingerprint density at radius 1 is 1.29 bits per heavy atom. The van der Waals surface area contributed by atoms with Crippen LogP contribution in [0.2, 0.25) is 0 Å². The zero-order valence-electron chi connectivity index (χ0n) is 15.3. The van der Waals surface area contributed by atoms with Crippen molar-refractivity contribution in [3.63, 3.8) is 0 Å². The van der Waals surface area contributed by atoms with Crippen molar-refractivity contribution in [2.45, 2.75) is 65.1 Å². The van der Waals surface area contributed by atoms with Gasteiger partial charge in [-0.2, -0.15) is 10.1 Å². The number of nitrogens with zero attached hydrogens (tertiary/aromatic N) is 4. The topological polar surface area (TPSA) is 78.8 Å². The third kappa shape index (κ3) is 3.31. The van der Waals surface area contributed by atoms with Crippen LogP contribution < -0.4 is 10.9 Å². The molecular weight excluding hydrogens is 304 g/mol. The van der Waals surface area contributed by atoms with Crippen LogP contribution in [0.5, 0.6) is 0 Å². The molecule has 2 aromatic heterocycles. The van der Waals surface area contributed by atoms with Crippen LogP contribution in [0.3, 0.4) is 0 Å². The fourth-order valence-corrected chi connectivity index (χ4v) is 3.23. The number of aromatic amines is 1. The lowest BCUT2D eigenvalue weighted by atomic mass is 10.0. The van der Waals surface area contributed by atoms with E-state index in [0.717, 1.165) is 25.9 Å². The highest BCUT2D eigenvalue weighted by molar-refractivity contribution is 5.74. The molecular formula is C17H28N6O. The van der Waals surface area contributed by atoms with Crippen LogP contribution in [0.1, 0.15) is 47.5 Å². The summed E-state index contributed by atoms with van der Waals surface area (Å²) in [5, 5.41) is 8.28. The van der Waals surface area contributed by atoms with E-state index >= 15 is 0 Å². The molecule has 0 amide bonds. The Kier molecular flexibility index (Phi) is 4.38. The first-order valence-electron chi connectivity index (χ1n) is 8.75. The summed E-state index contributed by atoms with van der Waals surface area (Å²) in [4.78, 5) is 22.3. The zero-order chi connectivity index (χ0) is 17.5. The number of rotatable bonds is 3. The molecule has 0 bridgehead atoms. The molecule has 0 unspecified atom stereocenters. The first kappa shape index (κ1) is 17.0. The van der Waals surface area contributed by atoms with Crippen molar-refractivity contribution in [3.05, 3.63) is 16.6 Å². The molecule has 7 nitrogen and oxygen atoms in total. The van der Waals surface area contributed by atoms with E-state index in [1.165, 1.54) is 0 Å². The molecule has 0 aliphatic carbocycles. The molecule has 0 aromatic carbocycles. The van der Waals surface area contributed by atoms with E-state index in [-0.39, 0.29) is 11.1 Å². The normalized spacial score (nSPS) is 17.8. The number of piperidine rings is 1. The van der Waals surface area contributed by atoms with Crippen molar-refractivity contribution >= 4 is 17.0 Å². The Hall–Kier alpha value is -1.89. The van der Waals surface area contributed by atoms with E-state index in [1.54, 1.807) is 6.20 Å². The van der Waals surface area contributed by atoms with E-state index in [2.05, 4.69) is 59.9 Å². The highest BCUT2D eigenvalue weighted by Gasteiger charge is 2.23. The number of likely N-dealkylation sites (tertiary alicyclic amines) is 1. The van der Waals surface area contributed by atoms with Gasteiger partial charge in [-0.25, -0.2) is 4.68 Å². The Morgan fingerprint density at radius 2 is 1.96 bits per heavy atom. The number of nitrogens with one attached hydrogen (secondary N) is 2. The molecule has 2 aromatic rings. The maximum Gasteiger partial charge on any atom is 0.263 e. The van der Waals surface area contributed by atoms with Gasteiger partial charge in [-0.3, -0.25) is 9.78 Å². The predicted molar refractivity (Wildman–Crippen MR) is 96.5 cm³/mol. The predicted octanol–water partition coefficient (Wildman–Crippen LogP) is 2.16. The Bertz CT molecular complexity index is 761. The van der Waals surface area contributed by atoms with Crippen molar-refractivity contribution in [2.24, 2.45) is 0 Å². The first-order valence-corrected chi connectivity index (χ1v) is 8.75. The van der Waals surface area contributed by atoms with Gasteiger partial charge >= 0.3 is 0 Å². The SMILES string of the molecule is CC(C)N1CCC(Nc2nc3c(cnn3C(C)(C)C)c(=O)[nH]2)CC1. The molecule has 132 valence electrons. The number of fused-ring (bicyclic) bond motifs is 1. The maximum atomic E-state index is 12.3. The summed E-state index contributed by atoms with van der Waals surface area (Å²) in [6, 6.07) is 0.924. The lowest BCUT2D eigenvalue weighted by Crippen LogP contribution is -2.42. The van der Waals surface area contributed by atoms with Gasteiger partial charge in [0.2, 0.25) is 5.95 Å². The fraction of sp³-hybridized carbons (Fsp3) is 0.706. The number of anilines is 1. The molecule has 0 atom stereocenters. The highest BCUT2D eigenvalue weighted by Crippen LogP contribution is 2.20. The van der Waals surface area contributed by atoms with Crippen LogP contribution in [0.4, 0.5) is 5.95 Å². The zero-order valence-corrected chi connectivity index (χ0v) is 15.3. The monoisotopic (exact) mass is 332 g/mol. The minimum Gasteiger partial charge on any atom is -0.353 e. The maximum absolute atomic E-state index is 12.3. The molecule has 1 saturated heterocycles. The minimum atomic E-state index is -0.220. The Morgan fingerprint density at radius 3 is 2.54 bits per heavy atom. The average molecular weight is 332 g/mol. The summed E-state index contributed by atoms with van der Waals surface area (Å²) < 4.78 is 1.81. The van der Waals surface area contributed by atoms with Gasteiger partial charge in [-0.05, 0) is 47.5 Å². The summed E-state index contributed by atoms with van der Waals surface area (Å²) >= 11 is 0. The third-order valence-corrected chi connectivity index (χ3v) is 4.67. The van der Waals surface area contributed by atoms with Gasteiger partial charge in [0.05, 0.1) is 11.7 Å². The first-order chi connectivity index (χ1) is 11.3. The van der Waals surface area contributed by atoms with Crippen molar-refractivity contribution < 1.29 is 0 Å². The van der Waals surface area contributed by atoms with Gasteiger partial charge in [-0.1, -0.05) is 0 Å². The number of hydrogen-bond donors (Lipinski definition) is 2. The second-order valence-corrected chi connectivity index (χ2v) is 7.93. The van der Waals surface area contributed by atoms with Crippen LogP contribution >= 0.6 is 0 Å². The van der Waals surface area contributed by atoms with E-state index in [9.17, 15) is 4.79 Å². The molecule has 1 aliphatic rings. The molecule has 0 saturated carbocycles. The van der Waals surface area contributed by atoms with Crippen LogP contribution in [-0.2, 0) is 5.54 Å². The minimum absolute atomic E-state index is 0.141. The standard InChI is InChI=1S/C17H28N6O/c1-11(2)22-8-6-12(7-9-22)19-16-20-14-13(15(24)21-16)10-18-23(14)17(3,4)5/h10-12H,6-9H2,1-5H3,(H2,19,20,21,24). The molecule has 1 aliphatic heterocycles. The van der Waals surface area contributed by atoms with Crippen molar-refractivity contribution in [2.75, 3.05) is 18.4 Å². The van der Waals surface area contributed by atoms with Crippen LogP contribution in [0, 0.1) is 0 Å². The van der Waals surface area contributed by atoms with Gasteiger partial charge in [0.15, 0.2) is 5.65 Å². The van der Waals surface area contributed by atoms with E-state index in [1.807, 2.05) is 4.68 Å². The van der Waals surface area contributed by atoms with Crippen molar-refractivity contribution in [1.29, 1.82) is 0 Å². The number of hydrogen-bond acceptors (Lipinski definition) is 5. The Labute approximate surface area is 142 Å². The van der Waals surface area contributed by atoms with E-state index in [0.29, 0.717) is 29.1 Å². The van der Waals surface area contributed by atoms with Gasteiger partial charge in [0.25, 0.3) is 5.56 Å². The van der Waals surface area contributed by atoms with Gasteiger partial charge in [0, 0.05) is 25.2 Å². The van der Waals surface area contributed by atoms with E-state index in [4.69, 9.17) is 0 Å². The second kappa shape index (κ2) is 6.20. The van der Waals surface area contributed by atoms with Gasteiger partial charge in [0.1, 0.15) is 5.39 Å². The van der Waals surface area contributed by atoms with Crippen molar-refractivity contribution in [1.82, 2.24) is 24.6 Å². The largest absolute Gasteiger partial charge is 0.353 e. The summed E-state index contributed by atoms with van der Waals surface area (Å²) in [6.45, 7) is 12.8. The van der Waals surface area contributed by atoms with Crippen LogP contribution in [0.25, 0.3) is 11.0 Å². The molecule has 3 heterocycles. The molecule has 0 spiro atoms.